The molecular formula is C13H15N3. The van der Waals surface area contributed by atoms with E-state index in [9.17, 15) is 0 Å². The first-order valence-electron chi connectivity index (χ1n) is 5.32. The summed E-state index contributed by atoms with van der Waals surface area (Å²) in [4.78, 5) is 8.41. The summed E-state index contributed by atoms with van der Waals surface area (Å²) >= 11 is 0. The van der Waals surface area contributed by atoms with Crippen molar-refractivity contribution in [1.82, 2.24) is 9.97 Å². The van der Waals surface area contributed by atoms with Gasteiger partial charge < -0.3 is 5.32 Å². The normalized spacial score (nSPS) is 10.1. The van der Waals surface area contributed by atoms with Crippen LogP contribution in [-0.2, 0) is 6.54 Å². The molecule has 16 heavy (non-hydrogen) atoms. The summed E-state index contributed by atoms with van der Waals surface area (Å²) in [7, 11) is 0. The summed E-state index contributed by atoms with van der Waals surface area (Å²) in [6, 6.07) is 8.11. The smallest absolute Gasteiger partial charge is 0.0416 e. The molecule has 0 spiro atoms. The van der Waals surface area contributed by atoms with E-state index in [1.165, 1.54) is 5.56 Å². The van der Waals surface area contributed by atoms with Crippen LogP contribution in [0.2, 0.25) is 0 Å². The van der Waals surface area contributed by atoms with E-state index in [2.05, 4.69) is 21.4 Å². The summed E-state index contributed by atoms with van der Waals surface area (Å²) < 4.78 is 0. The van der Waals surface area contributed by atoms with Crippen molar-refractivity contribution in [3.8, 4) is 0 Å². The topological polar surface area (TPSA) is 37.8 Å². The van der Waals surface area contributed by atoms with Crippen molar-refractivity contribution in [3.63, 3.8) is 0 Å². The molecule has 0 radical (unpaired) electrons. The highest BCUT2D eigenvalue weighted by Crippen LogP contribution is 2.09. The molecule has 0 amide bonds. The highest BCUT2D eigenvalue weighted by atomic mass is 14.9. The maximum Gasteiger partial charge on any atom is 0.0416 e. The van der Waals surface area contributed by atoms with Crippen LogP contribution in [0.4, 0.5) is 5.69 Å². The van der Waals surface area contributed by atoms with Crippen molar-refractivity contribution in [2.75, 3.05) is 5.32 Å². The number of anilines is 1. The van der Waals surface area contributed by atoms with E-state index in [1.807, 2.05) is 44.4 Å². The molecule has 0 saturated heterocycles. The molecule has 3 heteroatoms. The van der Waals surface area contributed by atoms with Gasteiger partial charge in [-0.2, -0.15) is 0 Å². The van der Waals surface area contributed by atoms with Crippen LogP contribution in [0, 0.1) is 13.8 Å². The Kier molecular flexibility index (Phi) is 3.15. The largest absolute Gasteiger partial charge is 0.381 e. The van der Waals surface area contributed by atoms with Gasteiger partial charge in [0.25, 0.3) is 0 Å². The lowest BCUT2D eigenvalue weighted by Crippen LogP contribution is -2.00. The van der Waals surface area contributed by atoms with Gasteiger partial charge in [0.05, 0.1) is 0 Å². The molecule has 0 bridgehead atoms. The first-order chi connectivity index (χ1) is 7.74. The van der Waals surface area contributed by atoms with Crippen LogP contribution < -0.4 is 5.32 Å². The van der Waals surface area contributed by atoms with Crippen molar-refractivity contribution in [3.05, 3.63) is 53.6 Å². The third-order valence-electron chi connectivity index (χ3n) is 2.37. The molecule has 0 aliphatic rings. The Morgan fingerprint density at radius 2 is 1.94 bits per heavy atom. The Morgan fingerprint density at radius 1 is 1.06 bits per heavy atom. The Hall–Kier alpha value is -1.90. The van der Waals surface area contributed by atoms with E-state index in [4.69, 9.17) is 0 Å². The average Bonchev–Trinajstić information content (AvgIpc) is 2.28. The molecule has 1 N–H and O–H groups in total. The molecule has 0 aliphatic heterocycles. The summed E-state index contributed by atoms with van der Waals surface area (Å²) in [5, 5.41) is 3.34. The predicted octanol–water partition coefficient (Wildman–Crippen LogP) is 2.71. The van der Waals surface area contributed by atoms with Gasteiger partial charge in [0.1, 0.15) is 0 Å². The first-order valence-corrected chi connectivity index (χ1v) is 5.32. The second kappa shape index (κ2) is 4.75. The van der Waals surface area contributed by atoms with E-state index < -0.39 is 0 Å². The molecule has 82 valence electrons. The van der Waals surface area contributed by atoms with Crippen LogP contribution in [0.3, 0.4) is 0 Å². The summed E-state index contributed by atoms with van der Waals surface area (Å²) in [5.41, 5.74) is 4.34. The number of pyridine rings is 2. The van der Waals surface area contributed by atoms with Gasteiger partial charge in [0.15, 0.2) is 0 Å². The molecule has 2 aromatic heterocycles. The third-order valence-corrected chi connectivity index (χ3v) is 2.37. The Morgan fingerprint density at radius 3 is 2.62 bits per heavy atom. The van der Waals surface area contributed by atoms with E-state index in [-0.39, 0.29) is 0 Å². The minimum absolute atomic E-state index is 0.788. The van der Waals surface area contributed by atoms with Crippen LogP contribution >= 0.6 is 0 Å². The molecule has 2 heterocycles. The Balaban J connectivity index is 1.99. The maximum atomic E-state index is 4.26. The minimum atomic E-state index is 0.788. The molecule has 0 atom stereocenters. The molecule has 3 nitrogen and oxygen atoms in total. The fourth-order valence-electron chi connectivity index (χ4n) is 1.46. The summed E-state index contributed by atoms with van der Waals surface area (Å²) in [6.45, 7) is 4.76. The Labute approximate surface area is 95.6 Å². The number of hydrogen-bond donors (Lipinski definition) is 1. The van der Waals surface area contributed by atoms with Crippen molar-refractivity contribution in [2.24, 2.45) is 0 Å². The second-order valence-corrected chi connectivity index (χ2v) is 3.85. The lowest BCUT2D eigenvalue weighted by Gasteiger charge is -2.06. The number of nitrogens with one attached hydrogen (secondary N) is 1. The zero-order valence-electron chi connectivity index (χ0n) is 9.57. The zero-order chi connectivity index (χ0) is 11.4. The van der Waals surface area contributed by atoms with Gasteiger partial charge in [-0.1, -0.05) is 6.07 Å². The van der Waals surface area contributed by atoms with Crippen LogP contribution in [0.1, 0.15) is 17.0 Å². The lowest BCUT2D eigenvalue weighted by molar-refractivity contribution is 1.08. The summed E-state index contributed by atoms with van der Waals surface area (Å²) in [6.07, 6.45) is 3.71. The highest BCUT2D eigenvalue weighted by Gasteiger charge is 1.95. The molecule has 0 fully saturated rings. The maximum absolute atomic E-state index is 4.26. The standard InChI is InChI=1S/C13H15N3/c1-10-3-4-12(8-15-10)9-16-13-5-6-14-11(2)7-13/h3-8H,9H2,1-2H3,(H,14,16). The van der Waals surface area contributed by atoms with Gasteiger partial charge in [-0.05, 0) is 37.6 Å². The van der Waals surface area contributed by atoms with Gasteiger partial charge in [0.2, 0.25) is 0 Å². The van der Waals surface area contributed by atoms with Crippen LogP contribution in [0.25, 0.3) is 0 Å². The average molecular weight is 213 g/mol. The van der Waals surface area contributed by atoms with E-state index in [0.717, 1.165) is 23.6 Å². The lowest BCUT2D eigenvalue weighted by atomic mass is 10.2. The Bertz CT molecular complexity index is 463. The fourth-order valence-corrected chi connectivity index (χ4v) is 1.46. The molecule has 2 rings (SSSR count). The molecular weight excluding hydrogens is 198 g/mol. The van der Waals surface area contributed by atoms with Crippen LogP contribution in [-0.4, -0.2) is 9.97 Å². The van der Waals surface area contributed by atoms with Gasteiger partial charge in [0, 0.05) is 36.0 Å². The zero-order valence-corrected chi connectivity index (χ0v) is 9.57. The second-order valence-electron chi connectivity index (χ2n) is 3.85. The van der Waals surface area contributed by atoms with Crippen LogP contribution in [0.5, 0.6) is 0 Å². The summed E-state index contributed by atoms with van der Waals surface area (Å²) in [5.74, 6) is 0. The van der Waals surface area contributed by atoms with E-state index >= 15 is 0 Å². The number of aryl methyl sites for hydroxylation is 2. The molecule has 0 aromatic carbocycles. The number of rotatable bonds is 3. The van der Waals surface area contributed by atoms with Crippen molar-refractivity contribution >= 4 is 5.69 Å². The molecule has 0 unspecified atom stereocenters. The predicted molar refractivity (Wildman–Crippen MR) is 65.3 cm³/mol. The SMILES string of the molecule is Cc1ccc(CNc2ccnc(C)c2)cn1. The number of hydrogen-bond acceptors (Lipinski definition) is 3. The fraction of sp³-hybridized carbons (Fsp3) is 0.231. The highest BCUT2D eigenvalue weighted by molar-refractivity contribution is 5.43. The quantitative estimate of drug-likeness (QED) is 0.851. The first kappa shape index (κ1) is 10.6. The molecule has 2 aromatic rings. The van der Waals surface area contributed by atoms with Crippen LogP contribution in [0.15, 0.2) is 36.7 Å². The number of nitrogens with zero attached hydrogens (tertiary/aromatic N) is 2. The van der Waals surface area contributed by atoms with E-state index in [0.29, 0.717) is 0 Å². The van der Waals surface area contributed by atoms with Crippen molar-refractivity contribution in [1.29, 1.82) is 0 Å². The number of aromatic nitrogens is 2. The van der Waals surface area contributed by atoms with Gasteiger partial charge in [-0.3, -0.25) is 9.97 Å². The van der Waals surface area contributed by atoms with Gasteiger partial charge >= 0.3 is 0 Å². The van der Waals surface area contributed by atoms with E-state index in [1.54, 1.807) is 0 Å². The van der Waals surface area contributed by atoms with Gasteiger partial charge in [-0.15, -0.1) is 0 Å². The molecule has 0 saturated carbocycles. The van der Waals surface area contributed by atoms with Crippen molar-refractivity contribution < 1.29 is 0 Å². The minimum Gasteiger partial charge on any atom is -0.381 e. The third kappa shape index (κ3) is 2.79. The molecule has 0 aliphatic carbocycles. The monoisotopic (exact) mass is 213 g/mol. The van der Waals surface area contributed by atoms with Crippen molar-refractivity contribution in [2.45, 2.75) is 20.4 Å². The van der Waals surface area contributed by atoms with Gasteiger partial charge in [-0.25, -0.2) is 0 Å².